The highest BCUT2D eigenvalue weighted by Gasteiger charge is 2.31. The van der Waals surface area contributed by atoms with Crippen molar-refractivity contribution in [3.05, 3.63) is 71.2 Å². The summed E-state index contributed by atoms with van der Waals surface area (Å²) in [5, 5.41) is 9.62. The van der Waals surface area contributed by atoms with Crippen LogP contribution in [0.15, 0.2) is 48.5 Å². The Bertz CT molecular complexity index is 1050. The second kappa shape index (κ2) is 8.55. The lowest BCUT2D eigenvalue weighted by Crippen LogP contribution is -2.23. The van der Waals surface area contributed by atoms with Crippen LogP contribution in [0.2, 0.25) is 0 Å². The maximum absolute atomic E-state index is 12.4. The second-order valence-corrected chi connectivity index (χ2v) is 7.60. The molecule has 2 aromatic carbocycles. The van der Waals surface area contributed by atoms with Gasteiger partial charge in [0.2, 0.25) is 0 Å². The molecule has 162 valence electrons. The van der Waals surface area contributed by atoms with E-state index in [4.69, 9.17) is 0 Å². The summed E-state index contributed by atoms with van der Waals surface area (Å²) in [4.78, 5) is 11.6. The van der Waals surface area contributed by atoms with E-state index in [1.165, 1.54) is 12.1 Å². The first-order valence-corrected chi connectivity index (χ1v) is 10.00. The standard InChI is InChI=1S/C23H22F3N3O2/c1-15-27-21-3-2-12-29(13-16-4-10-19(11-5-16)31-23(24,25)26)14-20(21)22(28-15)17-6-8-18(30)9-7-17/h4-11,30H,2-3,12-14H2,1H3. The predicted octanol–water partition coefficient (Wildman–Crippen LogP) is 5.00. The van der Waals surface area contributed by atoms with E-state index in [1.807, 2.05) is 19.1 Å². The van der Waals surface area contributed by atoms with E-state index < -0.39 is 6.36 Å². The van der Waals surface area contributed by atoms with Gasteiger partial charge in [0.1, 0.15) is 17.3 Å². The molecule has 0 bridgehead atoms. The minimum Gasteiger partial charge on any atom is -0.508 e. The fraction of sp³-hybridized carbons (Fsp3) is 0.304. The summed E-state index contributed by atoms with van der Waals surface area (Å²) in [5.41, 5.74) is 4.73. The number of nitrogens with zero attached hydrogens (tertiary/aromatic N) is 3. The number of phenolic OH excluding ortho intramolecular Hbond substituents is 1. The van der Waals surface area contributed by atoms with Crippen LogP contribution in [-0.2, 0) is 19.5 Å². The van der Waals surface area contributed by atoms with Gasteiger partial charge in [-0.2, -0.15) is 0 Å². The number of fused-ring (bicyclic) bond motifs is 1. The minimum absolute atomic E-state index is 0.195. The highest BCUT2D eigenvalue weighted by atomic mass is 19.4. The predicted molar refractivity (Wildman–Crippen MR) is 109 cm³/mol. The molecule has 1 N–H and O–H groups in total. The number of alkyl halides is 3. The Morgan fingerprint density at radius 2 is 1.74 bits per heavy atom. The molecule has 0 aliphatic carbocycles. The van der Waals surface area contributed by atoms with Crippen molar-refractivity contribution in [3.8, 4) is 22.8 Å². The molecular formula is C23H22F3N3O2. The van der Waals surface area contributed by atoms with E-state index in [1.54, 1.807) is 24.3 Å². The molecule has 0 fully saturated rings. The van der Waals surface area contributed by atoms with Gasteiger partial charge in [0.05, 0.1) is 5.69 Å². The quantitative estimate of drug-likeness (QED) is 0.632. The van der Waals surface area contributed by atoms with E-state index in [2.05, 4.69) is 19.6 Å². The van der Waals surface area contributed by atoms with Crippen LogP contribution < -0.4 is 4.74 Å². The molecular weight excluding hydrogens is 407 g/mol. The Morgan fingerprint density at radius 1 is 1.03 bits per heavy atom. The van der Waals surface area contributed by atoms with Crippen LogP contribution in [0, 0.1) is 6.92 Å². The lowest BCUT2D eigenvalue weighted by atomic mass is 10.0. The van der Waals surface area contributed by atoms with Crippen molar-refractivity contribution in [2.45, 2.75) is 39.2 Å². The van der Waals surface area contributed by atoms with Gasteiger partial charge in [-0.1, -0.05) is 12.1 Å². The number of aryl methyl sites for hydroxylation is 2. The van der Waals surface area contributed by atoms with Crippen molar-refractivity contribution >= 4 is 0 Å². The SMILES string of the molecule is Cc1nc2c(c(-c3ccc(O)cc3)n1)CN(Cc1ccc(OC(F)(F)F)cc1)CCC2. The van der Waals surface area contributed by atoms with Crippen molar-refractivity contribution in [2.24, 2.45) is 0 Å². The summed E-state index contributed by atoms with van der Waals surface area (Å²) in [6, 6.07) is 12.9. The van der Waals surface area contributed by atoms with Crippen LogP contribution >= 0.6 is 0 Å². The zero-order valence-corrected chi connectivity index (χ0v) is 17.0. The highest BCUT2D eigenvalue weighted by Crippen LogP contribution is 2.30. The van der Waals surface area contributed by atoms with Gasteiger partial charge < -0.3 is 9.84 Å². The van der Waals surface area contributed by atoms with Crippen molar-refractivity contribution in [3.63, 3.8) is 0 Å². The number of halogens is 3. The number of phenols is 1. The molecule has 2 heterocycles. The molecule has 31 heavy (non-hydrogen) atoms. The summed E-state index contributed by atoms with van der Waals surface area (Å²) in [5.74, 6) is 0.673. The average Bonchev–Trinajstić information content (AvgIpc) is 2.90. The first kappa shape index (κ1) is 21.1. The smallest absolute Gasteiger partial charge is 0.508 e. The number of benzene rings is 2. The van der Waals surface area contributed by atoms with Crippen LogP contribution in [0.1, 0.15) is 29.1 Å². The maximum atomic E-state index is 12.4. The van der Waals surface area contributed by atoms with Gasteiger partial charge in [-0.15, -0.1) is 13.2 Å². The normalized spacial score (nSPS) is 14.7. The Balaban J connectivity index is 1.57. The lowest BCUT2D eigenvalue weighted by molar-refractivity contribution is -0.274. The molecule has 0 saturated carbocycles. The molecule has 0 saturated heterocycles. The molecule has 0 radical (unpaired) electrons. The van der Waals surface area contributed by atoms with Gasteiger partial charge in [0.15, 0.2) is 0 Å². The van der Waals surface area contributed by atoms with Crippen molar-refractivity contribution in [2.75, 3.05) is 6.54 Å². The molecule has 0 unspecified atom stereocenters. The largest absolute Gasteiger partial charge is 0.573 e. The van der Waals surface area contributed by atoms with E-state index >= 15 is 0 Å². The maximum Gasteiger partial charge on any atom is 0.573 e. The molecule has 0 atom stereocenters. The summed E-state index contributed by atoms with van der Waals surface area (Å²) in [6.45, 7) is 3.93. The molecule has 5 nitrogen and oxygen atoms in total. The Kier molecular flexibility index (Phi) is 5.82. The Morgan fingerprint density at radius 3 is 2.42 bits per heavy atom. The van der Waals surface area contributed by atoms with Gasteiger partial charge in [0.25, 0.3) is 0 Å². The Hall–Kier alpha value is -3.13. The zero-order chi connectivity index (χ0) is 22.0. The lowest BCUT2D eigenvalue weighted by Gasteiger charge is -2.22. The third-order valence-electron chi connectivity index (χ3n) is 5.18. The first-order valence-electron chi connectivity index (χ1n) is 10.00. The third kappa shape index (κ3) is 5.32. The zero-order valence-electron chi connectivity index (χ0n) is 17.0. The summed E-state index contributed by atoms with van der Waals surface area (Å²) in [6.07, 6.45) is -2.94. The van der Waals surface area contributed by atoms with E-state index in [0.717, 1.165) is 47.5 Å². The van der Waals surface area contributed by atoms with Crippen molar-refractivity contribution in [1.82, 2.24) is 14.9 Å². The number of rotatable bonds is 4. The first-order chi connectivity index (χ1) is 14.8. The van der Waals surface area contributed by atoms with Gasteiger partial charge >= 0.3 is 6.36 Å². The number of ether oxygens (including phenoxy) is 1. The molecule has 4 rings (SSSR count). The minimum atomic E-state index is -4.70. The number of hydrogen-bond acceptors (Lipinski definition) is 5. The molecule has 3 aromatic rings. The second-order valence-electron chi connectivity index (χ2n) is 7.60. The monoisotopic (exact) mass is 429 g/mol. The van der Waals surface area contributed by atoms with E-state index in [0.29, 0.717) is 18.9 Å². The van der Waals surface area contributed by atoms with Gasteiger partial charge in [0, 0.05) is 29.9 Å². The molecule has 1 aliphatic rings. The van der Waals surface area contributed by atoms with Gasteiger partial charge in [-0.3, -0.25) is 4.90 Å². The molecule has 1 aliphatic heterocycles. The van der Waals surface area contributed by atoms with Crippen LogP contribution in [0.4, 0.5) is 13.2 Å². The van der Waals surface area contributed by atoms with Crippen LogP contribution in [0.25, 0.3) is 11.3 Å². The molecule has 8 heteroatoms. The van der Waals surface area contributed by atoms with Gasteiger partial charge in [-0.25, -0.2) is 9.97 Å². The van der Waals surface area contributed by atoms with Crippen LogP contribution in [-0.4, -0.2) is 32.9 Å². The van der Waals surface area contributed by atoms with Crippen LogP contribution in [0.5, 0.6) is 11.5 Å². The molecule has 0 spiro atoms. The fourth-order valence-corrected chi connectivity index (χ4v) is 3.85. The van der Waals surface area contributed by atoms with Crippen LogP contribution in [0.3, 0.4) is 0 Å². The highest BCUT2D eigenvalue weighted by molar-refractivity contribution is 5.65. The van der Waals surface area contributed by atoms with Crippen molar-refractivity contribution < 1.29 is 23.0 Å². The molecule has 0 amide bonds. The summed E-state index contributed by atoms with van der Waals surface area (Å²) in [7, 11) is 0. The average molecular weight is 429 g/mol. The van der Waals surface area contributed by atoms with Crippen molar-refractivity contribution in [1.29, 1.82) is 0 Å². The Labute approximate surface area is 178 Å². The van der Waals surface area contributed by atoms with Gasteiger partial charge in [-0.05, 0) is 68.3 Å². The third-order valence-corrected chi connectivity index (χ3v) is 5.18. The summed E-state index contributed by atoms with van der Waals surface area (Å²) >= 11 is 0. The molecule has 1 aromatic heterocycles. The van der Waals surface area contributed by atoms with E-state index in [9.17, 15) is 18.3 Å². The van der Waals surface area contributed by atoms with E-state index in [-0.39, 0.29) is 11.5 Å². The topological polar surface area (TPSA) is 58.5 Å². The number of aromatic nitrogens is 2. The summed E-state index contributed by atoms with van der Waals surface area (Å²) < 4.78 is 41.1. The fourth-order valence-electron chi connectivity index (χ4n) is 3.85. The number of aromatic hydroxyl groups is 1. The number of hydrogen-bond donors (Lipinski definition) is 1.